The lowest BCUT2D eigenvalue weighted by atomic mass is 10.5. The third kappa shape index (κ3) is 2.41. The first-order valence-corrected chi connectivity index (χ1v) is 2.46. The topological polar surface area (TPSA) is 81.0 Å². The molecule has 0 aliphatic rings. The van der Waals surface area contributed by atoms with Gasteiger partial charge < -0.3 is 15.4 Å². The highest BCUT2D eigenvalue weighted by molar-refractivity contribution is 5.71. The summed E-state index contributed by atoms with van der Waals surface area (Å²) in [5.41, 5.74) is 0. The molecule has 0 rings (SSSR count). The van der Waals surface area contributed by atoms with Crippen molar-refractivity contribution in [1.29, 1.82) is 0 Å². The number of carboxylic acids is 1. The molecule has 1 unspecified atom stereocenters. The second-order valence-corrected chi connectivity index (χ2v) is 1.47. The van der Waals surface area contributed by atoms with Crippen molar-refractivity contribution in [2.24, 2.45) is 0 Å². The predicted molar refractivity (Wildman–Crippen MR) is 27.8 cm³/mol. The van der Waals surface area contributed by atoms with Gasteiger partial charge in [-0.05, 0) is 6.92 Å². The molecule has 0 aromatic rings. The zero-order valence-electron chi connectivity index (χ0n) is 4.98. The summed E-state index contributed by atoms with van der Waals surface area (Å²) in [5, 5.41) is 25.3. The first-order valence-electron chi connectivity index (χ1n) is 2.46. The molecule has 5 nitrogen and oxygen atoms in total. The molecule has 0 aliphatic carbocycles. The van der Waals surface area contributed by atoms with Gasteiger partial charge >= 0.3 is 5.97 Å². The monoisotopic (exact) mass is 135 g/mol. The number of carboxylic acid groups (broad SMARTS) is 1. The number of nitrogens with zero attached hydrogens (tertiary/aromatic N) is 1. The van der Waals surface area contributed by atoms with Gasteiger partial charge in [-0.25, -0.2) is 4.79 Å². The summed E-state index contributed by atoms with van der Waals surface area (Å²) in [4.78, 5) is 9.85. The van der Waals surface area contributed by atoms with Crippen molar-refractivity contribution in [3.8, 4) is 0 Å². The lowest BCUT2D eigenvalue weighted by molar-refractivity contribution is -0.209. The zero-order valence-corrected chi connectivity index (χ0v) is 4.98. The van der Waals surface area contributed by atoms with Crippen molar-refractivity contribution in [2.45, 2.75) is 13.2 Å². The van der Waals surface area contributed by atoms with Gasteiger partial charge in [-0.2, -0.15) is 5.06 Å². The summed E-state index contributed by atoms with van der Waals surface area (Å²) in [7, 11) is 0. The molecule has 0 saturated heterocycles. The minimum Gasteiger partial charge on any atom is -0.478 e. The Kier molecular flexibility index (Phi) is 3.15. The Balaban J connectivity index is 3.72. The average molecular weight is 135 g/mol. The summed E-state index contributed by atoms with van der Waals surface area (Å²) in [5.74, 6) is -1.46. The number of aliphatic hydroxyl groups is 1. The van der Waals surface area contributed by atoms with Gasteiger partial charge in [0.1, 0.15) is 0 Å². The van der Waals surface area contributed by atoms with Crippen molar-refractivity contribution in [1.82, 2.24) is 5.06 Å². The van der Waals surface area contributed by atoms with Crippen LogP contribution < -0.4 is 0 Å². The van der Waals surface area contributed by atoms with Crippen LogP contribution in [-0.2, 0) is 4.79 Å². The van der Waals surface area contributed by atoms with E-state index in [2.05, 4.69) is 0 Å². The summed E-state index contributed by atoms with van der Waals surface area (Å²) in [6.45, 7) is 1.60. The minimum atomic E-state index is -1.81. The normalized spacial score (nSPS) is 13.8. The van der Waals surface area contributed by atoms with Crippen LogP contribution in [0.2, 0.25) is 0 Å². The number of rotatable bonds is 3. The van der Waals surface area contributed by atoms with E-state index in [9.17, 15) is 4.79 Å². The fourth-order valence-corrected chi connectivity index (χ4v) is 0.300. The van der Waals surface area contributed by atoms with Crippen LogP contribution in [0.4, 0.5) is 0 Å². The van der Waals surface area contributed by atoms with E-state index in [1.54, 1.807) is 0 Å². The van der Waals surface area contributed by atoms with Gasteiger partial charge in [0.2, 0.25) is 6.23 Å². The second-order valence-electron chi connectivity index (χ2n) is 1.47. The third-order valence-corrected chi connectivity index (χ3v) is 0.827. The maximum Gasteiger partial charge on any atom is 0.350 e. The molecular formula is C4H9NO4. The molecule has 0 aromatic heterocycles. The van der Waals surface area contributed by atoms with Crippen LogP contribution in [0, 0.1) is 0 Å². The van der Waals surface area contributed by atoms with Crippen LogP contribution in [0.25, 0.3) is 0 Å². The maximum absolute atomic E-state index is 9.85. The molecule has 0 amide bonds. The molecule has 5 heteroatoms. The van der Waals surface area contributed by atoms with E-state index in [4.69, 9.17) is 15.4 Å². The summed E-state index contributed by atoms with van der Waals surface area (Å²) >= 11 is 0. The molecule has 1 atom stereocenters. The van der Waals surface area contributed by atoms with Crippen molar-refractivity contribution in [2.75, 3.05) is 6.54 Å². The number of hydrogen-bond acceptors (Lipinski definition) is 4. The lowest BCUT2D eigenvalue weighted by Crippen LogP contribution is -2.38. The Hall–Kier alpha value is -0.650. The second kappa shape index (κ2) is 3.39. The molecule has 0 fully saturated rings. The summed E-state index contributed by atoms with van der Waals surface area (Å²) < 4.78 is 0. The molecule has 0 radical (unpaired) electrons. The largest absolute Gasteiger partial charge is 0.478 e. The molecule has 3 N–H and O–H groups in total. The van der Waals surface area contributed by atoms with Crippen LogP contribution in [0.3, 0.4) is 0 Å². The van der Waals surface area contributed by atoms with E-state index in [-0.39, 0.29) is 6.54 Å². The van der Waals surface area contributed by atoms with E-state index < -0.39 is 12.2 Å². The highest BCUT2D eigenvalue weighted by atomic mass is 16.5. The number of likely N-dealkylation sites (N-methyl/N-ethyl adjacent to an activating group) is 1. The average Bonchev–Trinajstić information content (AvgIpc) is 1.84. The molecule has 54 valence electrons. The minimum absolute atomic E-state index is 0.0769. The van der Waals surface area contributed by atoms with E-state index >= 15 is 0 Å². The van der Waals surface area contributed by atoms with Crippen LogP contribution in [-0.4, -0.2) is 39.2 Å². The Bertz CT molecular complexity index is 105. The Morgan fingerprint density at radius 1 is 1.78 bits per heavy atom. The van der Waals surface area contributed by atoms with Gasteiger partial charge in [-0.3, -0.25) is 0 Å². The first kappa shape index (κ1) is 8.35. The molecular weight excluding hydrogens is 126 g/mol. The fraction of sp³-hybridized carbons (Fsp3) is 0.750. The van der Waals surface area contributed by atoms with Gasteiger partial charge in [0, 0.05) is 6.54 Å². The molecule has 0 saturated carbocycles. The Labute approximate surface area is 52.1 Å². The van der Waals surface area contributed by atoms with Crippen LogP contribution in [0.1, 0.15) is 6.92 Å². The Morgan fingerprint density at radius 2 is 2.22 bits per heavy atom. The predicted octanol–water partition coefficient (Wildman–Crippen LogP) is -0.900. The van der Waals surface area contributed by atoms with Crippen LogP contribution in [0.15, 0.2) is 0 Å². The maximum atomic E-state index is 9.85. The van der Waals surface area contributed by atoms with Crippen molar-refractivity contribution >= 4 is 5.97 Å². The van der Waals surface area contributed by atoms with Crippen molar-refractivity contribution < 1.29 is 20.2 Å². The molecule has 0 bridgehead atoms. The van der Waals surface area contributed by atoms with Gasteiger partial charge in [-0.1, -0.05) is 0 Å². The van der Waals surface area contributed by atoms with Crippen molar-refractivity contribution in [3.63, 3.8) is 0 Å². The van der Waals surface area contributed by atoms with E-state index in [1.165, 1.54) is 6.92 Å². The Morgan fingerprint density at radius 3 is 2.33 bits per heavy atom. The molecule has 9 heavy (non-hydrogen) atoms. The number of hydroxylamine groups is 2. The quantitative estimate of drug-likeness (QED) is 0.345. The highest BCUT2D eigenvalue weighted by Crippen LogP contribution is 1.88. The van der Waals surface area contributed by atoms with E-state index in [0.29, 0.717) is 5.06 Å². The summed E-state index contributed by atoms with van der Waals surface area (Å²) in [6, 6.07) is 0. The molecule has 0 aromatic carbocycles. The number of aliphatic hydroxyl groups excluding tert-OH is 1. The van der Waals surface area contributed by atoms with Gasteiger partial charge in [0.25, 0.3) is 0 Å². The SMILES string of the molecule is CCN(O)C(O)C(=O)O. The van der Waals surface area contributed by atoms with E-state index in [1.807, 2.05) is 0 Å². The van der Waals surface area contributed by atoms with Gasteiger partial charge in [0.05, 0.1) is 0 Å². The fourth-order valence-electron chi connectivity index (χ4n) is 0.300. The van der Waals surface area contributed by atoms with Gasteiger partial charge in [0.15, 0.2) is 0 Å². The molecule has 0 heterocycles. The highest BCUT2D eigenvalue weighted by Gasteiger charge is 2.18. The number of hydrogen-bond donors (Lipinski definition) is 3. The number of aliphatic carboxylic acids is 1. The van der Waals surface area contributed by atoms with Gasteiger partial charge in [-0.15, -0.1) is 0 Å². The number of carbonyl (C=O) groups is 1. The smallest absolute Gasteiger partial charge is 0.350 e. The zero-order chi connectivity index (χ0) is 7.44. The van der Waals surface area contributed by atoms with Crippen LogP contribution in [0.5, 0.6) is 0 Å². The first-order chi connectivity index (χ1) is 4.09. The van der Waals surface area contributed by atoms with E-state index in [0.717, 1.165) is 0 Å². The van der Waals surface area contributed by atoms with Crippen LogP contribution >= 0.6 is 0 Å². The molecule has 0 aliphatic heterocycles. The lowest BCUT2D eigenvalue weighted by Gasteiger charge is -2.14. The van der Waals surface area contributed by atoms with Crippen molar-refractivity contribution in [3.05, 3.63) is 0 Å². The molecule has 0 spiro atoms. The third-order valence-electron chi connectivity index (χ3n) is 0.827. The summed E-state index contributed by atoms with van der Waals surface area (Å²) in [6.07, 6.45) is -1.81. The standard InChI is InChI=1S/C4H9NO4/c1-2-5(9)3(6)4(7)8/h3,6,9H,2H2,1H3,(H,7,8).